The van der Waals surface area contributed by atoms with Crippen LogP contribution in [0.3, 0.4) is 0 Å². The quantitative estimate of drug-likeness (QED) is 0.353. The van der Waals surface area contributed by atoms with Gasteiger partial charge in [-0.15, -0.1) is 0 Å². The molecule has 0 radical (unpaired) electrons. The highest BCUT2D eigenvalue weighted by molar-refractivity contribution is 6.78. The standard InChI is InChI=1S/C29H43F2NO3Si/c1-19(2)36(20(3)4,21(5)6)35-27-13-8-23(18-26(27)31)28(33)22(7)32-16-14-29(34,15-17-32)24-9-11-25(30)12-10-24/h8-13,18-22,28,33-34H,14-17H2,1-7H3/t22-,28+/m1/s1. The molecule has 0 saturated carbocycles. The molecule has 2 aromatic carbocycles. The molecular formula is C29H43F2NO3Si. The summed E-state index contributed by atoms with van der Waals surface area (Å²) < 4.78 is 35.1. The largest absolute Gasteiger partial charge is 0.541 e. The molecule has 7 heteroatoms. The minimum absolute atomic E-state index is 0.260. The third-order valence-electron chi connectivity index (χ3n) is 8.33. The fourth-order valence-electron chi connectivity index (χ4n) is 6.16. The van der Waals surface area contributed by atoms with Crippen molar-refractivity contribution in [1.29, 1.82) is 0 Å². The van der Waals surface area contributed by atoms with Crippen molar-refractivity contribution in [3.05, 3.63) is 65.2 Å². The summed E-state index contributed by atoms with van der Waals surface area (Å²) in [6.07, 6.45) is 0.0691. The molecule has 0 aromatic heterocycles. The van der Waals surface area contributed by atoms with Crippen LogP contribution in [0.5, 0.6) is 5.75 Å². The molecule has 200 valence electrons. The fraction of sp³-hybridized carbons (Fsp3) is 0.586. The molecule has 0 bridgehead atoms. The number of aliphatic hydroxyl groups excluding tert-OH is 1. The molecule has 1 fully saturated rings. The summed E-state index contributed by atoms with van der Waals surface area (Å²) in [4.78, 5) is 2.11. The first-order valence-corrected chi connectivity index (χ1v) is 15.3. The van der Waals surface area contributed by atoms with Crippen LogP contribution in [0.1, 0.15) is 78.5 Å². The van der Waals surface area contributed by atoms with Gasteiger partial charge in [0.25, 0.3) is 8.32 Å². The molecule has 0 aliphatic carbocycles. The van der Waals surface area contributed by atoms with Gasteiger partial charge in [0, 0.05) is 19.1 Å². The average molecular weight is 520 g/mol. The molecule has 1 aliphatic rings. The molecule has 36 heavy (non-hydrogen) atoms. The van der Waals surface area contributed by atoms with Crippen molar-refractivity contribution in [3.8, 4) is 5.75 Å². The average Bonchev–Trinajstić information content (AvgIpc) is 2.82. The van der Waals surface area contributed by atoms with Crippen molar-refractivity contribution in [3.63, 3.8) is 0 Å². The highest BCUT2D eigenvalue weighted by Crippen LogP contribution is 2.43. The Bertz CT molecular complexity index is 982. The summed E-state index contributed by atoms with van der Waals surface area (Å²) in [6, 6.07) is 10.6. The van der Waals surface area contributed by atoms with Gasteiger partial charge in [0.05, 0.1) is 11.7 Å². The molecule has 1 heterocycles. The molecular weight excluding hydrogens is 476 g/mol. The number of piperidine rings is 1. The molecule has 2 atom stereocenters. The number of benzene rings is 2. The van der Waals surface area contributed by atoms with E-state index in [4.69, 9.17) is 4.43 Å². The van der Waals surface area contributed by atoms with Gasteiger partial charge in [0.15, 0.2) is 5.82 Å². The van der Waals surface area contributed by atoms with Crippen molar-refractivity contribution in [2.45, 2.75) is 95.7 Å². The van der Waals surface area contributed by atoms with Crippen LogP contribution in [-0.4, -0.2) is 42.6 Å². The number of hydrogen-bond acceptors (Lipinski definition) is 4. The second-order valence-electron chi connectivity index (χ2n) is 11.4. The lowest BCUT2D eigenvalue weighted by Crippen LogP contribution is -2.50. The molecule has 3 rings (SSSR count). The van der Waals surface area contributed by atoms with Crippen LogP contribution in [-0.2, 0) is 5.60 Å². The molecule has 4 nitrogen and oxygen atoms in total. The topological polar surface area (TPSA) is 52.9 Å². The molecule has 0 amide bonds. The Labute approximate surface area is 216 Å². The SMILES string of the molecule is CC(C)[Si](Oc1ccc([C@@H](O)[C@@H](C)N2CCC(O)(c3ccc(F)cc3)CC2)cc1F)(C(C)C)C(C)C. The van der Waals surface area contributed by atoms with E-state index in [0.29, 0.717) is 53.7 Å². The van der Waals surface area contributed by atoms with Gasteiger partial charge in [0.1, 0.15) is 11.6 Å². The first-order chi connectivity index (χ1) is 16.8. The summed E-state index contributed by atoms with van der Waals surface area (Å²) >= 11 is 0. The van der Waals surface area contributed by atoms with Gasteiger partial charge in [0.2, 0.25) is 0 Å². The van der Waals surface area contributed by atoms with Crippen LogP contribution >= 0.6 is 0 Å². The molecule has 1 aliphatic heterocycles. The minimum Gasteiger partial charge on any atom is -0.541 e. The third-order valence-corrected chi connectivity index (χ3v) is 14.3. The maximum absolute atomic E-state index is 15.3. The molecule has 0 spiro atoms. The van der Waals surface area contributed by atoms with Gasteiger partial charge in [-0.05, 0) is 71.8 Å². The Balaban J connectivity index is 1.71. The Morgan fingerprint density at radius 3 is 1.86 bits per heavy atom. The molecule has 0 unspecified atom stereocenters. The second-order valence-corrected chi connectivity index (χ2v) is 16.7. The number of rotatable bonds is 9. The monoisotopic (exact) mass is 519 g/mol. The molecule has 2 N–H and O–H groups in total. The summed E-state index contributed by atoms with van der Waals surface area (Å²) in [5, 5.41) is 22.2. The lowest BCUT2D eigenvalue weighted by molar-refractivity contribution is -0.0502. The van der Waals surface area contributed by atoms with Crippen molar-refractivity contribution < 1.29 is 23.4 Å². The maximum Gasteiger partial charge on any atom is 0.258 e. The Morgan fingerprint density at radius 1 is 0.861 bits per heavy atom. The number of likely N-dealkylation sites (tertiary alicyclic amines) is 1. The van der Waals surface area contributed by atoms with Gasteiger partial charge in [-0.3, -0.25) is 4.90 Å². The fourth-order valence-corrected chi connectivity index (χ4v) is 11.4. The molecule has 2 aromatic rings. The Morgan fingerprint density at radius 2 is 1.39 bits per heavy atom. The van der Waals surface area contributed by atoms with E-state index in [1.54, 1.807) is 24.3 Å². The minimum atomic E-state index is -2.29. The Kier molecular flexibility index (Phi) is 9.02. The van der Waals surface area contributed by atoms with E-state index < -0.39 is 25.8 Å². The van der Waals surface area contributed by atoms with Gasteiger partial charge in [-0.2, -0.15) is 0 Å². The van der Waals surface area contributed by atoms with Gasteiger partial charge < -0.3 is 14.6 Å². The van der Waals surface area contributed by atoms with Crippen LogP contribution in [0.4, 0.5) is 8.78 Å². The predicted octanol–water partition coefficient (Wildman–Crippen LogP) is 6.92. The normalized spacial score (nSPS) is 18.6. The smallest absolute Gasteiger partial charge is 0.258 e. The van der Waals surface area contributed by atoms with Crippen LogP contribution in [0.25, 0.3) is 0 Å². The van der Waals surface area contributed by atoms with Crippen molar-refractivity contribution in [1.82, 2.24) is 4.90 Å². The third kappa shape index (κ3) is 5.69. The highest BCUT2D eigenvalue weighted by Gasteiger charge is 2.47. The summed E-state index contributed by atoms with van der Waals surface area (Å²) in [5.41, 5.74) is 1.19. The number of halogens is 2. The second kappa shape index (κ2) is 11.3. The summed E-state index contributed by atoms with van der Waals surface area (Å²) in [5.74, 6) is -0.503. The van der Waals surface area contributed by atoms with Gasteiger partial charge >= 0.3 is 0 Å². The zero-order valence-corrected chi connectivity index (χ0v) is 23.8. The van der Waals surface area contributed by atoms with Gasteiger partial charge in [-0.1, -0.05) is 59.7 Å². The maximum atomic E-state index is 15.3. The van der Waals surface area contributed by atoms with E-state index in [0.717, 1.165) is 0 Å². The number of hydrogen-bond donors (Lipinski definition) is 2. The summed E-state index contributed by atoms with van der Waals surface area (Å²) in [7, 11) is -2.29. The van der Waals surface area contributed by atoms with Crippen molar-refractivity contribution in [2.75, 3.05) is 13.1 Å². The van der Waals surface area contributed by atoms with E-state index in [1.807, 2.05) is 6.92 Å². The lowest BCUT2D eigenvalue weighted by Gasteiger charge is -2.42. The van der Waals surface area contributed by atoms with E-state index in [-0.39, 0.29) is 17.6 Å². The first kappa shape index (κ1) is 28.8. The van der Waals surface area contributed by atoms with Crippen LogP contribution in [0.2, 0.25) is 16.6 Å². The van der Waals surface area contributed by atoms with E-state index in [9.17, 15) is 14.6 Å². The van der Waals surface area contributed by atoms with E-state index in [1.165, 1.54) is 18.2 Å². The van der Waals surface area contributed by atoms with Crippen LogP contribution in [0.15, 0.2) is 42.5 Å². The Hall–Kier alpha value is -1.80. The number of nitrogens with zero attached hydrogens (tertiary/aromatic N) is 1. The zero-order chi connectivity index (χ0) is 26.8. The van der Waals surface area contributed by atoms with Crippen LogP contribution in [0, 0.1) is 11.6 Å². The van der Waals surface area contributed by atoms with E-state index in [2.05, 4.69) is 46.4 Å². The summed E-state index contributed by atoms with van der Waals surface area (Å²) in [6.45, 7) is 16.1. The first-order valence-electron chi connectivity index (χ1n) is 13.2. The van der Waals surface area contributed by atoms with E-state index >= 15 is 4.39 Å². The van der Waals surface area contributed by atoms with Crippen LogP contribution < -0.4 is 4.43 Å². The lowest BCUT2D eigenvalue weighted by atomic mass is 9.83. The zero-order valence-electron chi connectivity index (χ0n) is 22.8. The highest BCUT2D eigenvalue weighted by atomic mass is 28.4. The van der Waals surface area contributed by atoms with Crippen molar-refractivity contribution >= 4 is 8.32 Å². The predicted molar refractivity (Wildman–Crippen MR) is 144 cm³/mol. The van der Waals surface area contributed by atoms with Crippen molar-refractivity contribution in [2.24, 2.45) is 0 Å². The van der Waals surface area contributed by atoms with Gasteiger partial charge in [-0.25, -0.2) is 8.78 Å². The number of aliphatic hydroxyl groups is 2. The molecule has 1 saturated heterocycles.